The monoisotopic (exact) mass is 411 g/mol. The van der Waals surface area contributed by atoms with Crippen LogP contribution in [0.5, 0.6) is 0 Å². The average molecular weight is 412 g/mol. The van der Waals surface area contributed by atoms with E-state index < -0.39 is 15.3 Å². The van der Waals surface area contributed by atoms with E-state index in [1.165, 1.54) is 0 Å². The van der Waals surface area contributed by atoms with Crippen LogP contribution in [0.25, 0.3) is 0 Å². The number of sulfonamides is 1. The van der Waals surface area contributed by atoms with Crippen molar-refractivity contribution in [2.75, 3.05) is 29.9 Å². The van der Waals surface area contributed by atoms with Gasteiger partial charge < -0.3 is 15.0 Å². The fourth-order valence-electron chi connectivity index (χ4n) is 3.16. The first-order valence-electron chi connectivity index (χ1n) is 9.96. The summed E-state index contributed by atoms with van der Waals surface area (Å²) < 4.78 is 31.6. The van der Waals surface area contributed by atoms with Gasteiger partial charge >= 0.3 is 0 Å². The maximum Gasteiger partial charge on any atom is 0.224 e. The molecule has 1 aromatic rings. The van der Waals surface area contributed by atoms with Crippen LogP contribution in [0.4, 0.5) is 11.4 Å². The van der Waals surface area contributed by atoms with E-state index in [0.717, 1.165) is 24.5 Å². The van der Waals surface area contributed by atoms with Crippen LogP contribution in [0.1, 0.15) is 47.0 Å². The van der Waals surface area contributed by atoms with Crippen molar-refractivity contribution in [2.45, 2.75) is 64.4 Å². The first-order valence-corrected chi connectivity index (χ1v) is 11.5. The van der Waals surface area contributed by atoms with Crippen molar-refractivity contribution in [3.8, 4) is 0 Å². The number of morpholine rings is 1. The van der Waals surface area contributed by atoms with E-state index in [-0.39, 0.29) is 18.1 Å². The minimum atomic E-state index is -3.23. The molecule has 0 aromatic heterocycles. The molecule has 1 aliphatic rings. The molecule has 1 aliphatic heterocycles. The standard InChI is InChI=1S/C20H33N3O4S/c1-15(2)28(25,26)21-12-6-5-7-20(24)22-18-8-10-19(11-9-18)23-13-16(3)27-17(4)14-23/h8-11,15-17,21H,5-7,12-14H2,1-4H3,(H,22,24)/t16-,17?/m1/s1. The lowest BCUT2D eigenvalue weighted by Crippen LogP contribution is -2.45. The van der Waals surface area contributed by atoms with Crippen LogP contribution in [-0.4, -0.2) is 51.4 Å². The number of amides is 1. The Labute approximate surface area is 168 Å². The minimum Gasteiger partial charge on any atom is -0.372 e. The van der Waals surface area contributed by atoms with Crippen LogP contribution in [-0.2, 0) is 19.6 Å². The molecule has 1 fully saturated rings. The van der Waals surface area contributed by atoms with Gasteiger partial charge in [0.15, 0.2) is 0 Å². The summed E-state index contributed by atoms with van der Waals surface area (Å²) in [6.45, 7) is 9.50. The summed E-state index contributed by atoms with van der Waals surface area (Å²) in [4.78, 5) is 14.4. The molecular weight excluding hydrogens is 378 g/mol. The van der Waals surface area contributed by atoms with Gasteiger partial charge in [-0.2, -0.15) is 0 Å². The van der Waals surface area contributed by atoms with Crippen LogP contribution in [0, 0.1) is 0 Å². The second-order valence-corrected chi connectivity index (χ2v) is 10.0. The number of nitrogens with zero attached hydrogens (tertiary/aromatic N) is 1. The van der Waals surface area contributed by atoms with Crippen molar-refractivity contribution in [3.05, 3.63) is 24.3 Å². The predicted molar refractivity (Wildman–Crippen MR) is 113 cm³/mol. The molecule has 2 N–H and O–H groups in total. The zero-order valence-corrected chi connectivity index (χ0v) is 18.1. The van der Waals surface area contributed by atoms with Crippen LogP contribution >= 0.6 is 0 Å². The SMILES string of the molecule is CC1CN(c2ccc(NC(=O)CCCCNS(=O)(=O)C(C)C)cc2)C[C@@H](C)O1. The quantitative estimate of drug-likeness (QED) is 0.610. The molecule has 8 heteroatoms. The van der Waals surface area contributed by atoms with E-state index in [1.807, 2.05) is 24.3 Å². The lowest BCUT2D eigenvalue weighted by Gasteiger charge is -2.36. The summed E-state index contributed by atoms with van der Waals surface area (Å²) in [6, 6.07) is 7.85. The fraction of sp³-hybridized carbons (Fsp3) is 0.650. The van der Waals surface area contributed by atoms with E-state index in [9.17, 15) is 13.2 Å². The smallest absolute Gasteiger partial charge is 0.224 e. The number of hydrogen-bond donors (Lipinski definition) is 2. The summed E-state index contributed by atoms with van der Waals surface area (Å²) >= 11 is 0. The average Bonchev–Trinajstić information content (AvgIpc) is 2.61. The van der Waals surface area contributed by atoms with E-state index in [1.54, 1.807) is 13.8 Å². The second-order valence-electron chi connectivity index (χ2n) is 7.70. The minimum absolute atomic E-state index is 0.0620. The van der Waals surface area contributed by atoms with Gasteiger partial charge in [-0.15, -0.1) is 0 Å². The molecule has 0 bridgehead atoms. The molecule has 2 atom stereocenters. The predicted octanol–water partition coefficient (Wildman–Crippen LogP) is 2.74. The molecule has 0 spiro atoms. The molecule has 158 valence electrons. The maximum absolute atomic E-state index is 12.1. The Morgan fingerprint density at radius 2 is 1.75 bits per heavy atom. The number of rotatable bonds is 9. The molecule has 7 nitrogen and oxygen atoms in total. The third-order valence-corrected chi connectivity index (χ3v) is 6.54. The van der Waals surface area contributed by atoms with Crippen LogP contribution in [0.2, 0.25) is 0 Å². The van der Waals surface area contributed by atoms with E-state index in [2.05, 4.69) is 28.8 Å². The van der Waals surface area contributed by atoms with Crippen LogP contribution in [0.15, 0.2) is 24.3 Å². The molecule has 1 unspecified atom stereocenters. The molecule has 1 heterocycles. The number of hydrogen-bond acceptors (Lipinski definition) is 5. The van der Waals surface area contributed by atoms with Gasteiger partial charge in [0, 0.05) is 37.4 Å². The summed E-state index contributed by atoms with van der Waals surface area (Å²) in [5.74, 6) is -0.0620. The summed E-state index contributed by atoms with van der Waals surface area (Å²) in [7, 11) is -3.23. The zero-order valence-electron chi connectivity index (χ0n) is 17.3. The maximum atomic E-state index is 12.1. The van der Waals surface area contributed by atoms with Crippen molar-refractivity contribution in [1.82, 2.24) is 4.72 Å². The normalized spacial score (nSPS) is 20.4. The first kappa shape index (κ1) is 22.6. The molecule has 1 amide bonds. The van der Waals surface area contributed by atoms with Crippen LogP contribution < -0.4 is 14.9 Å². The van der Waals surface area contributed by atoms with Crippen LogP contribution in [0.3, 0.4) is 0 Å². The lowest BCUT2D eigenvalue weighted by molar-refractivity contribution is -0.116. The number of carbonyl (C=O) groups excluding carboxylic acids is 1. The fourth-order valence-corrected chi connectivity index (χ4v) is 3.92. The van der Waals surface area contributed by atoms with Crippen molar-refractivity contribution < 1.29 is 17.9 Å². The lowest BCUT2D eigenvalue weighted by atomic mass is 10.2. The third-order valence-electron chi connectivity index (χ3n) is 4.69. The number of ether oxygens (including phenoxy) is 1. The number of unbranched alkanes of at least 4 members (excludes halogenated alkanes) is 1. The summed E-state index contributed by atoms with van der Waals surface area (Å²) in [5.41, 5.74) is 1.89. The van der Waals surface area contributed by atoms with Gasteiger partial charge in [-0.3, -0.25) is 4.79 Å². The number of nitrogens with one attached hydrogen (secondary N) is 2. The molecule has 1 saturated heterocycles. The Bertz CT molecular complexity index is 724. The highest BCUT2D eigenvalue weighted by Gasteiger charge is 2.22. The Balaban J connectivity index is 1.72. The van der Waals surface area contributed by atoms with Gasteiger partial charge in [0.25, 0.3) is 0 Å². The highest BCUT2D eigenvalue weighted by Crippen LogP contribution is 2.22. The Hall–Kier alpha value is -1.64. The number of carbonyl (C=O) groups is 1. The Morgan fingerprint density at radius 3 is 2.32 bits per heavy atom. The van der Waals surface area contributed by atoms with Gasteiger partial charge in [-0.05, 0) is 64.8 Å². The molecule has 0 aliphatic carbocycles. The van der Waals surface area contributed by atoms with Crippen molar-refractivity contribution in [1.29, 1.82) is 0 Å². The number of anilines is 2. The Morgan fingerprint density at radius 1 is 1.14 bits per heavy atom. The van der Waals surface area contributed by atoms with E-state index >= 15 is 0 Å². The van der Waals surface area contributed by atoms with Gasteiger partial charge in [-0.1, -0.05) is 0 Å². The topological polar surface area (TPSA) is 87.7 Å². The van der Waals surface area contributed by atoms with Crippen molar-refractivity contribution >= 4 is 27.3 Å². The zero-order chi connectivity index (χ0) is 20.7. The van der Waals surface area contributed by atoms with Gasteiger partial charge in [-0.25, -0.2) is 13.1 Å². The van der Waals surface area contributed by atoms with Gasteiger partial charge in [0.1, 0.15) is 0 Å². The largest absolute Gasteiger partial charge is 0.372 e. The van der Waals surface area contributed by atoms with Gasteiger partial charge in [0.2, 0.25) is 15.9 Å². The molecule has 2 rings (SSSR count). The second kappa shape index (κ2) is 10.2. The molecule has 1 aromatic carbocycles. The van der Waals surface area contributed by atoms with E-state index in [0.29, 0.717) is 25.8 Å². The Kier molecular flexibility index (Phi) is 8.27. The van der Waals surface area contributed by atoms with Crippen molar-refractivity contribution in [2.24, 2.45) is 0 Å². The van der Waals surface area contributed by atoms with Crippen molar-refractivity contribution in [3.63, 3.8) is 0 Å². The molecule has 28 heavy (non-hydrogen) atoms. The molecule has 0 saturated carbocycles. The highest BCUT2D eigenvalue weighted by molar-refractivity contribution is 7.90. The summed E-state index contributed by atoms with van der Waals surface area (Å²) in [6.07, 6.45) is 2.03. The number of benzene rings is 1. The third kappa shape index (κ3) is 7.07. The summed E-state index contributed by atoms with van der Waals surface area (Å²) in [5, 5.41) is 2.45. The van der Waals surface area contributed by atoms with Gasteiger partial charge in [0.05, 0.1) is 17.5 Å². The molecule has 0 radical (unpaired) electrons. The van der Waals surface area contributed by atoms with E-state index in [4.69, 9.17) is 4.74 Å². The molecular formula is C20H33N3O4S. The first-order chi connectivity index (χ1) is 13.2. The highest BCUT2D eigenvalue weighted by atomic mass is 32.2.